The lowest BCUT2D eigenvalue weighted by Crippen LogP contribution is -2.33. The lowest BCUT2D eigenvalue weighted by molar-refractivity contribution is 0.0240. The van der Waals surface area contributed by atoms with E-state index in [4.69, 9.17) is 9.47 Å². The van der Waals surface area contributed by atoms with Gasteiger partial charge in [0.2, 0.25) is 5.88 Å². The number of ether oxygens (including phenoxy) is 2. The Hall–Kier alpha value is -2.83. The second-order valence-corrected chi connectivity index (χ2v) is 7.93. The summed E-state index contributed by atoms with van der Waals surface area (Å²) in [5.74, 6) is 1.29. The number of fused-ring (bicyclic) bond motifs is 2. The minimum atomic E-state index is -0.535. The monoisotopic (exact) mass is 368 g/mol. The molecule has 142 valence electrons. The Balaban J connectivity index is 1.57. The number of nitrogens with zero attached hydrogens (tertiary/aromatic N) is 3. The largest absolute Gasteiger partial charge is 0.444 e. The molecule has 0 unspecified atom stereocenters. The van der Waals surface area contributed by atoms with Gasteiger partial charge in [-0.05, 0) is 57.4 Å². The number of rotatable bonds is 2. The molecule has 27 heavy (non-hydrogen) atoms. The number of carbonyl (C=O) groups excluding carboxylic acids is 1. The maximum atomic E-state index is 12.4. The number of aromatic nitrogens is 2. The van der Waals surface area contributed by atoms with Crippen LogP contribution in [0.1, 0.15) is 43.2 Å². The Morgan fingerprint density at radius 2 is 2.00 bits per heavy atom. The van der Waals surface area contributed by atoms with Crippen molar-refractivity contribution in [3.05, 3.63) is 40.8 Å². The van der Waals surface area contributed by atoms with Crippen molar-refractivity contribution in [2.24, 2.45) is 0 Å². The maximum Gasteiger partial charge on any atom is 0.410 e. The first-order valence-electron chi connectivity index (χ1n) is 9.17. The first-order valence-corrected chi connectivity index (χ1v) is 9.17. The Labute approximate surface area is 158 Å². The van der Waals surface area contributed by atoms with E-state index < -0.39 is 5.60 Å². The summed E-state index contributed by atoms with van der Waals surface area (Å²) < 4.78 is 11.6. The molecular formula is C20H24N4O3. The number of hydrogen-bond donors (Lipinski definition) is 1. The van der Waals surface area contributed by atoms with Crippen molar-refractivity contribution in [3.63, 3.8) is 0 Å². The molecule has 7 heteroatoms. The van der Waals surface area contributed by atoms with E-state index in [-0.39, 0.29) is 6.09 Å². The van der Waals surface area contributed by atoms with E-state index in [0.717, 1.165) is 35.5 Å². The van der Waals surface area contributed by atoms with E-state index in [1.165, 1.54) is 17.6 Å². The molecule has 4 rings (SSSR count). The molecule has 1 N–H and O–H groups in total. The van der Waals surface area contributed by atoms with Gasteiger partial charge < -0.3 is 14.8 Å². The molecule has 2 aromatic rings. The Bertz CT molecular complexity index is 905. The van der Waals surface area contributed by atoms with E-state index in [2.05, 4.69) is 22.2 Å². The Kier molecular flexibility index (Phi) is 4.17. The molecule has 3 heterocycles. The van der Waals surface area contributed by atoms with Crippen molar-refractivity contribution >= 4 is 11.8 Å². The van der Waals surface area contributed by atoms with Crippen molar-refractivity contribution in [2.75, 3.05) is 11.9 Å². The average molecular weight is 368 g/mol. The molecule has 2 aliphatic heterocycles. The van der Waals surface area contributed by atoms with Crippen LogP contribution in [0.3, 0.4) is 0 Å². The summed E-state index contributed by atoms with van der Waals surface area (Å²) in [7, 11) is 0. The predicted molar refractivity (Wildman–Crippen MR) is 101 cm³/mol. The highest BCUT2D eigenvalue weighted by Crippen LogP contribution is 2.36. The molecule has 0 saturated carbocycles. The smallest absolute Gasteiger partial charge is 0.410 e. The summed E-state index contributed by atoms with van der Waals surface area (Å²) in [5.41, 5.74) is 4.67. The van der Waals surface area contributed by atoms with Crippen LogP contribution in [0.2, 0.25) is 0 Å². The van der Waals surface area contributed by atoms with Gasteiger partial charge in [0.1, 0.15) is 17.7 Å². The number of anilines is 1. The summed E-state index contributed by atoms with van der Waals surface area (Å²) in [6, 6.07) is 4.00. The van der Waals surface area contributed by atoms with E-state index in [1.807, 2.05) is 32.9 Å². The van der Waals surface area contributed by atoms with Gasteiger partial charge >= 0.3 is 6.09 Å². The molecular weight excluding hydrogens is 344 g/mol. The molecule has 1 aromatic carbocycles. The summed E-state index contributed by atoms with van der Waals surface area (Å²) in [6.45, 7) is 9.36. The molecule has 0 spiro atoms. The van der Waals surface area contributed by atoms with Gasteiger partial charge in [-0.1, -0.05) is 0 Å². The van der Waals surface area contributed by atoms with Crippen molar-refractivity contribution in [3.8, 4) is 11.6 Å². The predicted octanol–water partition coefficient (Wildman–Crippen LogP) is 3.80. The Morgan fingerprint density at radius 1 is 1.19 bits per heavy atom. The summed E-state index contributed by atoms with van der Waals surface area (Å²) >= 11 is 0. The van der Waals surface area contributed by atoms with Crippen LogP contribution in [0.4, 0.5) is 10.5 Å². The highest BCUT2D eigenvalue weighted by molar-refractivity contribution is 5.69. The zero-order valence-electron chi connectivity index (χ0n) is 16.1. The van der Waals surface area contributed by atoms with Crippen LogP contribution in [0.15, 0.2) is 18.5 Å². The third kappa shape index (κ3) is 3.41. The minimum Gasteiger partial charge on any atom is -0.444 e. The van der Waals surface area contributed by atoms with Gasteiger partial charge in [0, 0.05) is 12.2 Å². The average Bonchev–Trinajstić information content (AvgIpc) is 3.23. The normalized spacial score (nSPS) is 15.2. The highest BCUT2D eigenvalue weighted by atomic mass is 16.6. The lowest BCUT2D eigenvalue weighted by Gasteiger charge is -2.24. The maximum absolute atomic E-state index is 12.4. The number of carbonyl (C=O) groups is 1. The van der Waals surface area contributed by atoms with Gasteiger partial charge in [-0.3, -0.25) is 4.90 Å². The van der Waals surface area contributed by atoms with Crippen LogP contribution in [0, 0.1) is 6.92 Å². The summed E-state index contributed by atoms with van der Waals surface area (Å²) in [4.78, 5) is 22.7. The third-order valence-electron chi connectivity index (χ3n) is 4.78. The van der Waals surface area contributed by atoms with Crippen molar-refractivity contribution in [2.45, 2.75) is 52.8 Å². The van der Waals surface area contributed by atoms with Crippen LogP contribution in [-0.4, -0.2) is 33.1 Å². The number of benzene rings is 1. The summed E-state index contributed by atoms with van der Waals surface area (Å²) in [5, 5.41) is 3.37. The fourth-order valence-electron chi connectivity index (χ4n) is 3.46. The standard InChI is InChI=1S/C20H24N4O3/c1-12-13-7-8-21-15(13)5-6-17(12)26-18-14-9-24(10-16(14)22-11-23-18)19(25)27-20(2,3)4/h5-6,11,21H,7-10H2,1-4H3. The van der Waals surface area contributed by atoms with E-state index in [9.17, 15) is 4.79 Å². The number of nitrogens with one attached hydrogen (secondary N) is 1. The quantitative estimate of drug-likeness (QED) is 0.869. The fraction of sp³-hybridized carbons (Fsp3) is 0.450. The lowest BCUT2D eigenvalue weighted by atomic mass is 10.1. The highest BCUT2D eigenvalue weighted by Gasteiger charge is 2.31. The van der Waals surface area contributed by atoms with Crippen LogP contribution >= 0.6 is 0 Å². The first-order chi connectivity index (χ1) is 12.8. The molecule has 0 atom stereocenters. The van der Waals surface area contributed by atoms with Crippen LogP contribution in [0.25, 0.3) is 0 Å². The number of amides is 1. The van der Waals surface area contributed by atoms with Crippen LogP contribution < -0.4 is 10.1 Å². The molecule has 7 nitrogen and oxygen atoms in total. The van der Waals surface area contributed by atoms with Gasteiger partial charge in [0.15, 0.2) is 0 Å². The van der Waals surface area contributed by atoms with Gasteiger partial charge in [-0.15, -0.1) is 0 Å². The Morgan fingerprint density at radius 3 is 2.78 bits per heavy atom. The SMILES string of the molecule is Cc1c(Oc2ncnc3c2CN(C(=O)OC(C)(C)C)C3)ccc2c1CCN2. The molecule has 2 aliphatic rings. The third-order valence-corrected chi connectivity index (χ3v) is 4.78. The zero-order chi connectivity index (χ0) is 19.2. The molecule has 0 bridgehead atoms. The van der Waals surface area contributed by atoms with Crippen molar-refractivity contribution in [1.29, 1.82) is 0 Å². The second kappa shape index (κ2) is 6.40. The minimum absolute atomic E-state index is 0.355. The molecule has 0 saturated heterocycles. The van der Waals surface area contributed by atoms with Gasteiger partial charge in [-0.25, -0.2) is 14.8 Å². The van der Waals surface area contributed by atoms with Gasteiger partial charge in [-0.2, -0.15) is 0 Å². The molecule has 0 radical (unpaired) electrons. The first kappa shape index (κ1) is 17.6. The van der Waals surface area contributed by atoms with E-state index >= 15 is 0 Å². The van der Waals surface area contributed by atoms with Crippen LogP contribution in [0.5, 0.6) is 11.6 Å². The molecule has 1 amide bonds. The second-order valence-electron chi connectivity index (χ2n) is 7.93. The van der Waals surface area contributed by atoms with Gasteiger partial charge in [0.05, 0.1) is 24.3 Å². The molecule has 0 fully saturated rings. The summed E-state index contributed by atoms with van der Waals surface area (Å²) in [6.07, 6.45) is 2.12. The van der Waals surface area contributed by atoms with Gasteiger partial charge in [0.25, 0.3) is 0 Å². The van der Waals surface area contributed by atoms with Crippen molar-refractivity contribution < 1.29 is 14.3 Å². The topological polar surface area (TPSA) is 76.6 Å². The van der Waals surface area contributed by atoms with E-state index in [1.54, 1.807) is 4.90 Å². The molecule has 1 aromatic heterocycles. The van der Waals surface area contributed by atoms with Crippen LogP contribution in [-0.2, 0) is 24.2 Å². The zero-order valence-corrected chi connectivity index (χ0v) is 16.1. The molecule has 0 aliphatic carbocycles. The van der Waals surface area contributed by atoms with E-state index in [0.29, 0.717) is 19.0 Å². The van der Waals surface area contributed by atoms with Crippen molar-refractivity contribution in [1.82, 2.24) is 14.9 Å². The fourth-order valence-corrected chi connectivity index (χ4v) is 3.46. The number of hydrogen-bond acceptors (Lipinski definition) is 6.